The van der Waals surface area contributed by atoms with Crippen LogP contribution in [0.5, 0.6) is 0 Å². The molecule has 0 spiro atoms. The van der Waals surface area contributed by atoms with Crippen molar-refractivity contribution in [2.75, 3.05) is 33.4 Å². The normalized spacial score (nSPS) is 19.2. The first kappa shape index (κ1) is 14.4. The lowest BCUT2D eigenvalue weighted by atomic mass is 9.99. The third-order valence-corrected chi connectivity index (χ3v) is 4.34. The van der Waals surface area contributed by atoms with Crippen LogP contribution in [0.2, 0.25) is 0 Å². The van der Waals surface area contributed by atoms with E-state index in [1.54, 1.807) is 0 Å². The minimum absolute atomic E-state index is 0.000731. The molecule has 8 heteroatoms. The molecule has 0 aromatic rings. The van der Waals surface area contributed by atoms with Crippen molar-refractivity contribution in [1.82, 2.24) is 9.03 Å². The molecule has 0 saturated carbocycles. The van der Waals surface area contributed by atoms with Crippen LogP contribution in [0.1, 0.15) is 12.8 Å². The summed E-state index contributed by atoms with van der Waals surface area (Å²) in [6, 6.07) is 0. The first-order chi connectivity index (χ1) is 8.01. The molecule has 1 heterocycles. The standard InChI is InChI=1S/C9H18N2O5S/c1-16-9(13)8-2-5-11(6-3-8)17(14,15)10-4-7-12/h8,10,12H,2-7H2,1H3. The van der Waals surface area contributed by atoms with Crippen molar-refractivity contribution in [3.8, 4) is 0 Å². The first-order valence-corrected chi connectivity index (χ1v) is 6.88. The Morgan fingerprint density at radius 1 is 1.47 bits per heavy atom. The van der Waals surface area contributed by atoms with Crippen LogP contribution in [0.25, 0.3) is 0 Å². The Morgan fingerprint density at radius 2 is 2.06 bits per heavy atom. The number of esters is 1. The summed E-state index contributed by atoms with van der Waals surface area (Å²) < 4.78 is 31.5. The van der Waals surface area contributed by atoms with Crippen molar-refractivity contribution in [1.29, 1.82) is 0 Å². The molecule has 0 amide bonds. The first-order valence-electron chi connectivity index (χ1n) is 5.44. The van der Waals surface area contributed by atoms with Gasteiger partial charge in [-0.05, 0) is 12.8 Å². The van der Waals surface area contributed by atoms with Crippen LogP contribution in [-0.4, -0.2) is 57.1 Å². The van der Waals surface area contributed by atoms with Gasteiger partial charge in [0, 0.05) is 19.6 Å². The molecule has 1 rings (SSSR count). The second kappa shape index (κ2) is 6.29. The van der Waals surface area contributed by atoms with Crippen molar-refractivity contribution >= 4 is 16.2 Å². The fraction of sp³-hybridized carbons (Fsp3) is 0.889. The van der Waals surface area contributed by atoms with Crippen molar-refractivity contribution in [2.24, 2.45) is 5.92 Å². The van der Waals surface area contributed by atoms with Gasteiger partial charge in [0.05, 0.1) is 19.6 Å². The number of hydrogen-bond acceptors (Lipinski definition) is 5. The molecule has 0 bridgehead atoms. The van der Waals surface area contributed by atoms with E-state index in [1.807, 2.05) is 0 Å². The summed E-state index contributed by atoms with van der Waals surface area (Å²) in [5, 5.41) is 8.57. The SMILES string of the molecule is COC(=O)C1CCN(S(=O)(=O)NCCO)CC1. The number of nitrogens with one attached hydrogen (secondary N) is 1. The van der Waals surface area contributed by atoms with Gasteiger partial charge in [0.2, 0.25) is 0 Å². The molecule has 0 aromatic heterocycles. The second-order valence-electron chi connectivity index (χ2n) is 3.82. The predicted octanol–water partition coefficient (Wildman–Crippen LogP) is -1.30. The Labute approximate surface area is 101 Å². The van der Waals surface area contributed by atoms with E-state index >= 15 is 0 Å². The molecule has 0 aromatic carbocycles. The minimum atomic E-state index is -3.53. The van der Waals surface area contributed by atoms with Crippen LogP contribution >= 0.6 is 0 Å². The molecule has 0 atom stereocenters. The summed E-state index contributed by atoms with van der Waals surface area (Å²) in [5.41, 5.74) is 0. The molecule has 1 aliphatic rings. The van der Waals surface area contributed by atoms with Gasteiger partial charge >= 0.3 is 5.97 Å². The third kappa shape index (κ3) is 3.91. The highest BCUT2D eigenvalue weighted by Gasteiger charge is 2.31. The Hall–Kier alpha value is -0.700. The summed E-state index contributed by atoms with van der Waals surface area (Å²) in [5.74, 6) is -0.505. The molecule has 100 valence electrons. The maximum Gasteiger partial charge on any atom is 0.308 e. The van der Waals surface area contributed by atoms with E-state index in [9.17, 15) is 13.2 Å². The van der Waals surface area contributed by atoms with Crippen LogP contribution in [0.4, 0.5) is 0 Å². The number of aliphatic hydroxyl groups is 1. The Balaban J connectivity index is 2.49. The summed E-state index contributed by atoms with van der Waals surface area (Å²) >= 11 is 0. The van der Waals surface area contributed by atoms with Crippen molar-refractivity contribution in [3.05, 3.63) is 0 Å². The highest BCUT2D eigenvalue weighted by molar-refractivity contribution is 7.87. The monoisotopic (exact) mass is 266 g/mol. The number of methoxy groups -OCH3 is 1. The zero-order valence-electron chi connectivity index (χ0n) is 9.76. The van der Waals surface area contributed by atoms with E-state index < -0.39 is 10.2 Å². The van der Waals surface area contributed by atoms with E-state index in [2.05, 4.69) is 9.46 Å². The van der Waals surface area contributed by atoms with Gasteiger partial charge in [-0.1, -0.05) is 0 Å². The average Bonchev–Trinajstić information content (AvgIpc) is 2.35. The number of nitrogens with zero attached hydrogens (tertiary/aromatic N) is 1. The van der Waals surface area contributed by atoms with E-state index in [4.69, 9.17) is 5.11 Å². The van der Waals surface area contributed by atoms with Gasteiger partial charge in [-0.3, -0.25) is 4.79 Å². The van der Waals surface area contributed by atoms with Gasteiger partial charge < -0.3 is 9.84 Å². The van der Waals surface area contributed by atoms with Gasteiger partial charge in [-0.15, -0.1) is 0 Å². The number of ether oxygens (including phenoxy) is 1. The van der Waals surface area contributed by atoms with E-state index in [0.717, 1.165) is 0 Å². The molecule has 1 fully saturated rings. The number of piperidine rings is 1. The highest BCUT2D eigenvalue weighted by Crippen LogP contribution is 2.19. The minimum Gasteiger partial charge on any atom is -0.469 e. The number of hydrogen-bond donors (Lipinski definition) is 2. The van der Waals surface area contributed by atoms with Gasteiger partial charge in [0.25, 0.3) is 10.2 Å². The molecule has 0 unspecified atom stereocenters. The van der Waals surface area contributed by atoms with Crippen molar-refractivity contribution < 1.29 is 23.1 Å². The molecular weight excluding hydrogens is 248 g/mol. The summed E-state index contributed by atoms with van der Waals surface area (Å²) in [6.07, 6.45) is 0.930. The zero-order chi connectivity index (χ0) is 12.9. The lowest BCUT2D eigenvalue weighted by Crippen LogP contribution is -2.46. The van der Waals surface area contributed by atoms with Gasteiger partial charge in [-0.2, -0.15) is 17.4 Å². The maximum absolute atomic E-state index is 11.7. The fourth-order valence-corrected chi connectivity index (χ4v) is 2.99. The number of rotatable bonds is 5. The van der Waals surface area contributed by atoms with Crippen molar-refractivity contribution in [3.63, 3.8) is 0 Å². The predicted molar refractivity (Wildman–Crippen MR) is 60.3 cm³/mol. The number of aliphatic hydroxyl groups excluding tert-OH is 1. The zero-order valence-corrected chi connectivity index (χ0v) is 10.6. The van der Waals surface area contributed by atoms with Crippen molar-refractivity contribution in [2.45, 2.75) is 12.8 Å². The van der Waals surface area contributed by atoms with Crippen LogP contribution in [-0.2, 0) is 19.7 Å². The number of carbonyl (C=O) groups is 1. The van der Waals surface area contributed by atoms with Gasteiger partial charge in [0.15, 0.2) is 0 Å². The molecule has 0 radical (unpaired) electrons. The van der Waals surface area contributed by atoms with E-state index in [0.29, 0.717) is 25.9 Å². The largest absolute Gasteiger partial charge is 0.469 e. The van der Waals surface area contributed by atoms with E-state index in [-0.39, 0.29) is 25.0 Å². The molecule has 2 N–H and O–H groups in total. The van der Waals surface area contributed by atoms with E-state index in [1.165, 1.54) is 11.4 Å². The van der Waals surface area contributed by atoms with Gasteiger partial charge in [-0.25, -0.2) is 0 Å². The highest BCUT2D eigenvalue weighted by atomic mass is 32.2. The summed E-state index contributed by atoms with van der Waals surface area (Å²) in [4.78, 5) is 11.3. The average molecular weight is 266 g/mol. The second-order valence-corrected chi connectivity index (χ2v) is 5.57. The molecule has 0 aliphatic carbocycles. The summed E-state index contributed by atoms with van der Waals surface area (Å²) in [7, 11) is -2.20. The fourth-order valence-electron chi connectivity index (χ4n) is 1.76. The Morgan fingerprint density at radius 3 is 2.53 bits per heavy atom. The van der Waals surface area contributed by atoms with Crippen LogP contribution in [0, 0.1) is 5.92 Å². The third-order valence-electron chi connectivity index (χ3n) is 2.72. The molecule has 1 saturated heterocycles. The van der Waals surface area contributed by atoms with Crippen LogP contribution in [0.3, 0.4) is 0 Å². The van der Waals surface area contributed by atoms with Crippen LogP contribution < -0.4 is 4.72 Å². The maximum atomic E-state index is 11.7. The molecule has 1 aliphatic heterocycles. The summed E-state index contributed by atoms with van der Waals surface area (Å²) in [6.45, 7) is 0.345. The lowest BCUT2D eigenvalue weighted by Gasteiger charge is -2.29. The number of carbonyl (C=O) groups excluding carboxylic acids is 1. The smallest absolute Gasteiger partial charge is 0.308 e. The molecular formula is C9H18N2O5S. The van der Waals surface area contributed by atoms with Gasteiger partial charge in [0.1, 0.15) is 0 Å². The topological polar surface area (TPSA) is 95.9 Å². The molecule has 7 nitrogen and oxygen atoms in total. The Bertz CT molecular complexity index is 348. The quantitative estimate of drug-likeness (QED) is 0.603. The molecule has 17 heavy (non-hydrogen) atoms. The van der Waals surface area contributed by atoms with Crippen LogP contribution in [0.15, 0.2) is 0 Å². The lowest BCUT2D eigenvalue weighted by molar-refractivity contribution is -0.146. The Kier molecular flexibility index (Phi) is 5.31.